The normalized spacial score (nSPS) is 15.8. The van der Waals surface area contributed by atoms with Gasteiger partial charge in [0.15, 0.2) is 0 Å². The largest absolute Gasteiger partial charge is 0.362 e. The summed E-state index contributed by atoms with van der Waals surface area (Å²) < 4.78 is 13.5. The van der Waals surface area contributed by atoms with Crippen LogP contribution in [0.15, 0.2) is 42.5 Å². The minimum Gasteiger partial charge on any atom is -0.362 e. The van der Waals surface area contributed by atoms with Gasteiger partial charge in [-0.05, 0) is 68.1 Å². The molecule has 0 radical (unpaired) electrons. The Kier molecular flexibility index (Phi) is 4.28. The summed E-state index contributed by atoms with van der Waals surface area (Å²) in [7, 11) is 0. The van der Waals surface area contributed by atoms with E-state index < -0.39 is 5.91 Å². The van der Waals surface area contributed by atoms with Crippen molar-refractivity contribution in [2.75, 3.05) is 4.90 Å². The third kappa shape index (κ3) is 3.12. The highest BCUT2D eigenvalue weighted by Gasteiger charge is 2.32. The fourth-order valence-corrected chi connectivity index (χ4v) is 3.23. The van der Waals surface area contributed by atoms with Crippen molar-refractivity contribution in [2.45, 2.75) is 38.8 Å². The van der Waals surface area contributed by atoms with Crippen molar-refractivity contribution in [2.24, 2.45) is 0 Å². The van der Waals surface area contributed by atoms with Crippen LogP contribution in [0.2, 0.25) is 0 Å². The van der Waals surface area contributed by atoms with Crippen LogP contribution in [0.4, 0.5) is 10.1 Å². The molecule has 0 spiro atoms. The standard InChI is InChI=1S/C19H21FN2O2/c1-19(2)10-9-15-11-16(20)7-8-17(15)22(19)12-13-3-5-14(6-4-13)18(23)21-24/h3-8,11,24H,9-10,12H2,1-2H3,(H,21,23). The monoisotopic (exact) mass is 328 g/mol. The molecule has 126 valence electrons. The summed E-state index contributed by atoms with van der Waals surface area (Å²) in [5, 5.41) is 8.68. The van der Waals surface area contributed by atoms with Crippen LogP contribution in [0.25, 0.3) is 0 Å². The molecule has 0 unspecified atom stereocenters. The van der Waals surface area contributed by atoms with E-state index in [0.29, 0.717) is 12.1 Å². The second-order valence-electron chi connectivity index (χ2n) is 6.81. The molecule has 0 aliphatic carbocycles. The van der Waals surface area contributed by atoms with E-state index in [1.807, 2.05) is 18.2 Å². The lowest BCUT2D eigenvalue weighted by Crippen LogP contribution is -2.47. The van der Waals surface area contributed by atoms with Gasteiger partial charge < -0.3 is 4.90 Å². The fraction of sp³-hybridized carbons (Fsp3) is 0.316. The summed E-state index contributed by atoms with van der Waals surface area (Å²) >= 11 is 0. The predicted octanol–water partition coefficient (Wildman–Crippen LogP) is 3.68. The van der Waals surface area contributed by atoms with Crippen molar-refractivity contribution >= 4 is 11.6 Å². The lowest BCUT2D eigenvalue weighted by atomic mass is 9.86. The summed E-state index contributed by atoms with van der Waals surface area (Å²) in [4.78, 5) is 13.7. The molecule has 0 bridgehead atoms. The van der Waals surface area contributed by atoms with E-state index in [0.717, 1.165) is 29.7 Å². The first-order valence-corrected chi connectivity index (χ1v) is 8.00. The number of aryl methyl sites for hydroxylation is 1. The molecule has 1 aliphatic heterocycles. The minimum absolute atomic E-state index is 0.0357. The first kappa shape index (κ1) is 16.5. The molecule has 0 atom stereocenters. The van der Waals surface area contributed by atoms with Crippen molar-refractivity contribution in [1.82, 2.24) is 5.48 Å². The SMILES string of the molecule is CC1(C)CCc2cc(F)ccc2N1Cc1ccc(C(=O)NO)cc1. The third-order valence-electron chi connectivity index (χ3n) is 4.73. The smallest absolute Gasteiger partial charge is 0.274 e. The van der Waals surface area contributed by atoms with Crippen LogP contribution in [-0.4, -0.2) is 16.7 Å². The van der Waals surface area contributed by atoms with E-state index in [1.54, 1.807) is 23.7 Å². The highest BCUT2D eigenvalue weighted by atomic mass is 19.1. The number of hydrogen-bond donors (Lipinski definition) is 2. The summed E-state index contributed by atoms with van der Waals surface area (Å²) in [6.07, 6.45) is 1.82. The molecule has 1 amide bonds. The summed E-state index contributed by atoms with van der Waals surface area (Å²) in [6, 6.07) is 12.1. The van der Waals surface area contributed by atoms with Gasteiger partial charge in [0.25, 0.3) is 5.91 Å². The van der Waals surface area contributed by atoms with Crippen LogP contribution < -0.4 is 10.4 Å². The summed E-state index contributed by atoms with van der Waals surface area (Å²) in [5.74, 6) is -0.728. The summed E-state index contributed by atoms with van der Waals surface area (Å²) in [5.41, 5.74) is 5.14. The van der Waals surface area contributed by atoms with E-state index in [9.17, 15) is 9.18 Å². The molecule has 1 aliphatic rings. The van der Waals surface area contributed by atoms with Gasteiger partial charge in [0.1, 0.15) is 5.82 Å². The zero-order valence-electron chi connectivity index (χ0n) is 13.8. The van der Waals surface area contributed by atoms with Crippen LogP contribution in [0, 0.1) is 5.82 Å². The highest BCUT2D eigenvalue weighted by Crippen LogP contribution is 2.38. The molecule has 2 N–H and O–H groups in total. The number of carbonyl (C=O) groups is 1. The van der Waals surface area contributed by atoms with Gasteiger partial charge in [-0.25, -0.2) is 9.87 Å². The van der Waals surface area contributed by atoms with Gasteiger partial charge in [-0.2, -0.15) is 0 Å². The van der Waals surface area contributed by atoms with Gasteiger partial charge in [-0.3, -0.25) is 10.0 Å². The molecule has 3 rings (SSSR count). The minimum atomic E-state index is -0.527. The Morgan fingerprint density at radius 1 is 1.25 bits per heavy atom. The predicted molar refractivity (Wildman–Crippen MR) is 90.7 cm³/mol. The maximum absolute atomic E-state index is 13.5. The number of hydroxylamine groups is 1. The first-order chi connectivity index (χ1) is 11.4. The van der Waals surface area contributed by atoms with Crippen LogP contribution in [0.3, 0.4) is 0 Å². The molecular weight excluding hydrogens is 307 g/mol. The van der Waals surface area contributed by atoms with Gasteiger partial charge in [0.2, 0.25) is 0 Å². The van der Waals surface area contributed by atoms with E-state index in [-0.39, 0.29) is 11.4 Å². The summed E-state index contributed by atoms with van der Waals surface area (Å²) in [6.45, 7) is 5.05. The van der Waals surface area contributed by atoms with Crippen molar-refractivity contribution in [1.29, 1.82) is 0 Å². The lowest BCUT2D eigenvalue weighted by molar-refractivity contribution is 0.0706. The zero-order valence-corrected chi connectivity index (χ0v) is 13.8. The molecule has 5 heteroatoms. The number of nitrogens with zero attached hydrogens (tertiary/aromatic N) is 1. The van der Waals surface area contributed by atoms with Crippen molar-refractivity contribution < 1.29 is 14.4 Å². The Bertz CT molecular complexity index is 756. The van der Waals surface area contributed by atoms with Crippen LogP contribution in [0.1, 0.15) is 41.8 Å². The lowest BCUT2D eigenvalue weighted by Gasteiger charge is -2.45. The maximum atomic E-state index is 13.5. The maximum Gasteiger partial charge on any atom is 0.274 e. The van der Waals surface area contributed by atoms with Crippen molar-refractivity contribution in [3.63, 3.8) is 0 Å². The van der Waals surface area contributed by atoms with Gasteiger partial charge in [0.05, 0.1) is 0 Å². The Morgan fingerprint density at radius 3 is 2.62 bits per heavy atom. The Morgan fingerprint density at radius 2 is 1.96 bits per heavy atom. The van der Waals surface area contributed by atoms with Gasteiger partial charge in [-0.1, -0.05) is 12.1 Å². The Labute approximate surface area is 140 Å². The quantitative estimate of drug-likeness (QED) is 0.667. The number of nitrogens with one attached hydrogen (secondary N) is 1. The number of anilines is 1. The molecule has 0 fully saturated rings. The van der Waals surface area contributed by atoms with Gasteiger partial charge in [0, 0.05) is 23.3 Å². The van der Waals surface area contributed by atoms with Crippen molar-refractivity contribution in [3.8, 4) is 0 Å². The van der Waals surface area contributed by atoms with Gasteiger partial charge >= 0.3 is 0 Å². The highest BCUT2D eigenvalue weighted by molar-refractivity contribution is 5.93. The first-order valence-electron chi connectivity index (χ1n) is 8.00. The topological polar surface area (TPSA) is 52.6 Å². The second kappa shape index (κ2) is 6.24. The fourth-order valence-electron chi connectivity index (χ4n) is 3.23. The molecule has 0 aromatic heterocycles. The molecular formula is C19H21FN2O2. The molecule has 24 heavy (non-hydrogen) atoms. The number of amides is 1. The third-order valence-corrected chi connectivity index (χ3v) is 4.73. The van der Waals surface area contributed by atoms with Crippen LogP contribution in [0.5, 0.6) is 0 Å². The Hall–Kier alpha value is -2.40. The van der Waals surface area contributed by atoms with E-state index >= 15 is 0 Å². The Balaban J connectivity index is 1.89. The number of rotatable bonds is 3. The molecule has 0 saturated heterocycles. The van der Waals surface area contributed by atoms with E-state index in [4.69, 9.17) is 5.21 Å². The second-order valence-corrected chi connectivity index (χ2v) is 6.81. The van der Waals surface area contributed by atoms with E-state index in [1.165, 1.54) is 6.07 Å². The zero-order chi connectivity index (χ0) is 17.3. The molecule has 2 aromatic rings. The van der Waals surface area contributed by atoms with E-state index in [2.05, 4.69) is 18.7 Å². The number of hydrogen-bond acceptors (Lipinski definition) is 3. The average molecular weight is 328 g/mol. The van der Waals surface area contributed by atoms with Crippen LogP contribution in [-0.2, 0) is 13.0 Å². The molecule has 0 saturated carbocycles. The molecule has 4 nitrogen and oxygen atoms in total. The number of carbonyl (C=O) groups excluding carboxylic acids is 1. The van der Waals surface area contributed by atoms with Crippen LogP contribution >= 0.6 is 0 Å². The van der Waals surface area contributed by atoms with Gasteiger partial charge in [-0.15, -0.1) is 0 Å². The number of fused-ring (bicyclic) bond motifs is 1. The number of benzene rings is 2. The molecule has 1 heterocycles. The van der Waals surface area contributed by atoms with Crippen molar-refractivity contribution in [3.05, 3.63) is 65.0 Å². The number of halogens is 1. The average Bonchev–Trinajstić information content (AvgIpc) is 2.57. The molecule has 2 aromatic carbocycles.